The van der Waals surface area contributed by atoms with Crippen LogP contribution in [0.3, 0.4) is 0 Å². The molecule has 0 aliphatic carbocycles. The highest BCUT2D eigenvalue weighted by Crippen LogP contribution is 2.48. The molecule has 2 aromatic carbocycles. The van der Waals surface area contributed by atoms with Gasteiger partial charge in [-0.05, 0) is 48.7 Å². The summed E-state index contributed by atoms with van der Waals surface area (Å²) in [7, 11) is 0. The lowest BCUT2D eigenvalue weighted by Gasteiger charge is -2.34. The fraction of sp³-hybridized carbons (Fsp3) is 0.250. The van der Waals surface area contributed by atoms with Crippen molar-refractivity contribution in [3.63, 3.8) is 0 Å². The molecule has 1 unspecified atom stereocenters. The molecule has 1 atom stereocenters. The van der Waals surface area contributed by atoms with E-state index < -0.39 is 11.6 Å². The highest BCUT2D eigenvalue weighted by Gasteiger charge is 2.53. The van der Waals surface area contributed by atoms with Gasteiger partial charge in [0, 0.05) is 0 Å². The molecule has 6 N–H and O–H groups in total. The van der Waals surface area contributed by atoms with E-state index in [2.05, 4.69) is 0 Å². The second-order valence-corrected chi connectivity index (χ2v) is 5.63. The fourth-order valence-corrected chi connectivity index (χ4v) is 2.46. The Hall–Kier alpha value is -2.57. The van der Waals surface area contributed by atoms with Crippen molar-refractivity contribution in [3.05, 3.63) is 47.0 Å². The molecule has 0 spiro atoms. The summed E-state index contributed by atoms with van der Waals surface area (Å²) in [6.07, 6.45) is -4.65. The highest BCUT2D eigenvalue weighted by atomic mass is 19.4. The topological polar surface area (TPSA) is 92.5 Å². The Labute approximate surface area is 131 Å². The molecule has 7 heteroatoms. The van der Waals surface area contributed by atoms with Gasteiger partial charge in [0.25, 0.3) is 0 Å². The van der Waals surface area contributed by atoms with Crippen molar-refractivity contribution in [2.24, 2.45) is 0 Å². The van der Waals surface area contributed by atoms with E-state index in [1.165, 1.54) is 13.0 Å². The number of aromatic hydroxyl groups is 2. The number of alkyl halides is 3. The Kier molecular flexibility index (Phi) is 3.84. The van der Waals surface area contributed by atoms with E-state index in [0.29, 0.717) is 0 Å². The van der Waals surface area contributed by atoms with E-state index >= 15 is 0 Å². The summed E-state index contributed by atoms with van der Waals surface area (Å²) in [5, 5.41) is 19.1. The zero-order valence-corrected chi connectivity index (χ0v) is 12.6. The zero-order valence-electron chi connectivity index (χ0n) is 12.6. The summed E-state index contributed by atoms with van der Waals surface area (Å²) < 4.78 is 41.6. The number of anilines is 2. The third-order valence-corrected chi connectivity index (χ3v) is 4.08. The van der Waals surface area contributed by atoms with Gasteiger partial charge in [-0.15, -0.1) is 0 Å². The number of phenolic OH excluding ortho intramolecular Hbond substituents is 2. The number of nitrogen functional groups attached to an aromatic ring is 2. The molecule has 0 fully saturated rings. The number of benzene rings is 2. The van der Waals surface area contributed by atoms with Gasteiger partial charge in [-0.1, -0.05) is 12.1 Å². The largest absolute Gasteiger partial charge is 0.506 e. The lowest BCUT2D eigenvalue weighted by molar-refractivity contribution is -0.173. The standard InChI is InChI=1S/C16H17F3N2O2/c1-8-5-10(7-12(21)14(8)23)15(2,16(17,18)19)9-3-4-13(22)11(20)6-9/h3-7,22-23H,20-21H2,1-2H3. The maximum Gasteiger partial charge on any atom is 0.402 e. The molecule has 0 heterocycles. The smallest absolute Gasteiger partial charge is 0.402 e. The van der Waals surface area contributed by atoms with E-state index in [0.717, 1.165) is 31.2 Å². The van der Waals surface area contributed by atoms with Crippen LogP contribution in [-0.2, 0) is 5.41 Å². The SMILES string of the molecule is Cc1cc(C(C)(c2ccc(O)c(N)c2)C(F)(F)F)cc(N)c1O. The molecule has 124 valence electrons. The average Bonchev–Trinajstić information content (AvgIpc) is 2.45. The Morgan fingerprint density at radius 2 is 1.48 bits per heavy atom. The fourth-order valence-electron chi connectivity index (χ4n) is 2.46. The lowest BCUT2D eigenvalue weighted by atomic mass is 9.74. The summed E-state index contributed by atoms with van der Waals surface area (Å²) in [6, 6.07) is 5.70. The summed E-state index contributed by atoms with van der Waals surface area (Å²) in [4.78, 5) is 0. The maximum atomic E-state index is 13.9. The molecule has 0 bridgehead atoms. The molecule has 0 radical (unpaired) electrons. The Balaban J connectivity index is 2.77. The van der Waals surface area contributed by atoms with E-state index in [-0.39, 0.29) is 39.6 Å². The normalized spacial score (nSPS) is 14.5. The number of hydrogen-bond acceptors (Lipinski definition) is 4. The van der Waals surface area contributed by atoms with E-state index in [4.69, 9.17) is 11.5 Å². The van der Waals surface area contributed by atoms with Gasteiger partial charge in [0.2, 0.25) is 0 Å². The molecule has 0 aliphatic rings. The second kappa shape index (κ2) is 5.26. The molecule has 23 heavy (non-hydrogen) atoms. The van der Waals surface area contributed by atoms with E-state index in [9.17, 15) is 23.4 Å². The number of rotatable bonds is 2. The zero-order chi connectivity index (χ0) is 17.6. The average molecular weight is 326 g/mol. The molecule has 0 amide bonds. The minimum atomic E-state index is -4.65. The number of aryl methyl sites for hydroxylation is 1. The van der Waals surface area contributed by atoms with Gasteiger partial charge in [-0.2, -0.15) is 13.2 Å². The van der Waals surface area contributed by atoms with Crippen LogP contribution in [0.1, 0.15) is 23.6 Å². The van der Waals surface area contributed by atoms with E-state index in [1.54, 1.807) is 0 Å². The number of nitrogens with two attached hydrogens (primary N) is 2. The molecule has 4 nitrogen and oxygen atoms in total. The van der Waals surface area contributed by atoms with Crippen molar-refractivity contribution in [3.8, 4) is 11.5 Å². The molecule has 0 saturated heterocycles. The van der Waals surface area contributed by atoms with Crippen LogP contribution in [0.15, 0.2) is 30.3 Å². The van der Waals surface area contributed by atoms with Crippen molar-refractivity contribution in [1.29, 1.82) is 0 Å². The quantitative estimate of drug-likeness (QED) is 0.502. The molecular formula is C16H17F3N2O2. The van der Waals surface area contributed by atoms with Crippen LogP contribution < -0.4 is 11.5 Å². The summed E-state index contributed by atoms with van der Waals surface area (Å²) in [5.74, 6) is -0.539. The first kappa shape index (κ1) is 16.8. The predicted octanol–water partition coefficient (Wildman–Crippen LogP) is 3.44. The first-order valence-electron chi connectivity index (χ1n) is 6.73. The van der Waals surface area contributed by atoms with Crippen LogP contribution in [0, 0.1) is 6.92 Å². The van der Waals surface area contributed by atoms with Crippen LogP contribution in [0.2, 0.25) is 0 Å². The summed E-state index contributed by atoms with van der Waals surface area (Å²) in [6.45, 7) is 2.47. The first-order chi connectivity index (χ1) is 10.5. The van der Waals surface area contributed by atoms with Crippen molar-refractivity contribution in [1.82, 2.24) is 0 Å². The van der Waals surface area contributed by atoms with Crippen molar-refractivity contribution < 1.29 is 23.4 Å². The Morgan fingerprint density at radius 3 is 1.96 bits per heavy atom. The summed E-state index contributed by atoms with van der Waals surface area (Å²) >= 11 is 0. The van der Waals surface area contributed by atoms with Crippen LogP contribution in [-0.4, -0.2) is 16.4 Å². The Morgan fingerprint density at radius 1 is 0.913 bits per heavy atom. The number of phenols is 2. The van der Waals surface area contributed by atoms with Crippen molar-refractivity contribution in [2.75, 3.05) is 11.5 Å². The molecule has 0 aliphatic heterocycles. The molecular weight excluding hydrogens is 309 g/mol. The van der Waals surface area contributed by atoms with Crippen LogP contribution in [0.4, 0.5) is 24.5 Å². The number of halogens is 3. The molecule has 2 aromatic rings. The second-order valence-electron chi connectivity index (χ2n) is 5.63. The van der Waals surface area contributed by atoms with Gasteiger partial charge < -0.3 is 21.7 Å². The third-order valence-electron chi connectivity index (χ3n) is 4.08. The van der Waals surface area contributed by atoms with Crippen LogP contribution in [0.5, 0.6) is 11.5 Å². The maximum absolute atomic E-state index is 13.9. The van der Waals surface area contributed by atoms with Gasteiger partial charge in [0.05, 0.1) is 11.4 Å². The van der Waals surface area contributed by atoms with Gasteiger partial charge >= 0.3 is 6.18 Å². The molecule has 0 aromatic heterocycles. The van der Waals surface area contributed by atoms with Crippen LogP contribution in [0.25, 0.3) is 0 Å². The van der Waals surface area contributed by atoms with Gasteiger partial charge in [0.1, 0.15) is 16.9 Å². The monoisotopic (exact) mass is 326 g/mol. The minimum absolute atomic E-state index is 0.122. The van der Waals surface area contributed by atoms with Crippen LogP contribution >= 0.6 is 0 Å². The van der Waals surface area contributed by atoms with E-state index in [1.807, 2.05) is 0 Å². The highest BCUT2D eigenvalue weighted by molar-refractivity contribution is 5.62. The Bertz CT molecular complexity index is 736. The van der Waals surface area contributed by atoms with Gasteiger partial charge in [0.15, 0.2) is 0 Å². The minimum Gasteiger partial charge on any atom is -0.506 e. The van der Waals surface area contributed by atoms with Crippen molar-refractivity contribution >= 4 is 11.4 Å². The molecule has 2 rings (SSSR count). The first-order valence-corrected chi connectivity index (χ1v) is 6.73. The van der Waals surface area contributed by atoms with Crippen molar-refractivity contribution in [2.45, 2.75) is 25.4 Å². The predicted molar refractivity (Wildman–Crippen MR) is 82.3 cm³/mol. The van der Waals surface area contributed by atoms with Gasteiger partial charge in [-0.3, -0.25) is 0 Å². The lowest BCUT2D eigenvalue weighted by Crippen LogP contribution is -2.40. The molecule has 0 saturated carbocycles. The van der Waals surface area contributed by atoms with Gasteiger partial charge in [-0.25, -0.2) is 0 Å². The summed E-state index contributed by atoms with van der Waals surface area (Å²) in [5.41, 5.74) is 8.44. The number of hydrogen-bond donors (Lipinski definition) is 4. The third kappa shape index (κ3) is 2.62.